The molecule has 0 fully saturated rings. The zero-order valence-electron chi connectivity index (χ0n) is 12.4. The Morgan fingerprint density at radius 2 is 2.10 bits per heavy atom. The number of fused-ring (bicyclic) bond motifs is 2. The van der Waals surface area contributed by atoms with Crippen molar-refractivity contribution in [2.24, 2.45) is 0 Å². The third-order valence-electron chi connectivity index (χ3n) is 4.18. The van der Waals surface area contributed by atoms with E-state index < -0.39 is 0 Å². The van der Waals surface area contributed by atoms with Crippen molar-refractivity contribution in [3.05, 3.63) is 39.5 Å². The maximum Gasteiger partial charge on any atom is 0.0752 e. The summed E-state index contributed by atoms with van der Waals surface area (Å²) in [6.07, 6.45) is 3.49. The van der Waals surface area contributed by atoms with Crippen LogP contribution in [0.2, 0.25) is 5.02 Å². The fraction of sp³-hybridized carbons (Fsp3) is 0.471. The monoisotopic (exact) mass is 288 g/mol. The predicted molar refractivity (Wildman–Crippen MR) is 85.5 cm³/mol. The van der Waals surface area contributed by atoms with Gasteiger partial charge in [-0.05, 0) is 48.9 Å². The molecule has 1 N–H and O–H groups in total. The molecule has 1 aliphatic rings. The van der Waals surface area contributed by atoms with Gasteiger partial charge in [0, 0.05) is 28.7 Å². The smallest absolute Gasteiger partial charge is 0.0752 e. The minimum Gasteiger partial charge on any atom is -0.310 e. The van der Waals surface area contributed by atoms with Crippen LogP contribution < -0.4 is 5.32 Å². The highest BCUT2D eigenvalue weighted by Gasteiger charge is 2.20. The molecule has 1 heterocycles. The second-order valence-corrected chi connectivity index (χ2v) is 6.38. The number of aryl methyl sites for hydroxylation is 2. The Bertz CT molecular complexity index is 662. The largest absolute Gasteiger partial charge is 0.310 e. The topological polar surface area (TPSA) is 24.9 Å². The maximum absolute atomic E-state index is 6.26. The van der Waals surface area contributed by atoms with Crippen LogP contribution >= 0.6 is 11.6 Å². The van der Waals surface area contributed by atoms with Crippen LogP contribution in [0.25, 0.3) is 10.9 Å². The van der Waals surface area contributed by atoms with E-state index in [1.165, 1.54) is 28.6 Å². The molecule has 0 radical (unpaired) electrons. The molecule has 1 aromatic heterocycles. The highest BCUT2D eigenvalue weighted by molar-refractivity contribution is 6.32. The van der Waals surface area contributed by atoms with Crippen LogP contribution in [0.1, 0.15) is 42.7 Å². The molecular weight excluding hydrogens is 268 g/mol. The van der Waals surface area contributed by atoms with Crippen LogP contribution in [0.5, 0.6) is 0 Å². The second-order valence-electron chi connectivity index (χ2n) is 5.97. The Morgan fingerprint density at radius 1 is 1.30 bits per heavy atom. The number of hydrogen-bond acceptors (Lipinski definition) is 2. The first kappa shape index (κ1) is 13.8. The molecule has 1 aliphatic carbocycles. The van der Waals surface area contributed by atoms with E-state index in [9.17, 15) is 0 Å². The van der Waals surface area contributed by atoms with E-state index in [4.69, 9.17) is 16.6 Å². The number of pyridine rings is 1. The molecule has 106 valence electrons. The summed E-state index contributed by atoms with van der Waals surface area (Å²) >= 11 is 6.26. The summed E-state index contributed by atoms with van der Waals surface area (Å²) in [5.41, 5.74) is 6.36. The summed E-state index contributed by atoms with van der Waals surface area (Å²) < 4.78 is 0. The molecule has 1 aromatic carbocycles. The summed E-state index contributed by atoms with van der Waals surface area (Å²) in [5, 5.41) is 5.63. The lowest BCUT2D eigenvalue weighted by Crippen LogP contribution is -2.23. The van der Waals surface area contributed by atoms with E-state index in [-0.39, 0.29) is 0 Å². The zero-order valence-corrected chi connectivity index (χ0v) is 13.1. The molecule has 2 nitrogen and oxygen atoms in total. The van der Waals surface area contributed by atoms with Crippen LogP contribution in [-0.2, 0) is 19.4 Å². The summed E-state index contributed by atoms with van der Waals surface area (Å²) in [6, 6.07) is 4.62. The first-order valence-electron chi connectivity index (χ1n) is 7.40. The normalized spacial score (nSPS) is 14.2. The Balaban J connectivity index is 2.21. The molecule has 0 saturated heterocycles. The van der Waals surface area contributed by atoms with Gasteiger partial charge in [0.25, 0.3) is 0 Å². The molecule has 0 saturated carbocycles. The number of benzene rings is 1. The summed E-state index contributed by atoms with van der Waals surface area (Å²) in [4.78, 5) is 4.89. The summed E-state index contributed by atoms with van der Waals surface area (Å²) in [5.74, 6) is 0. The van der Waals surface area contributed by atoms with Crippen LogP contribution in [0.15, 0.2) is 12.1 Å². The van der Waals surface area contributed by atoms with Gasteiger partial charge in [-0.1, -0.05) is 31.5 Å². The van der Waals surface area contributed by atoms with Crippen LogP contribution in [0.3, 0.4) is 0 Å². The van der Waals surface area contributed by atoms with E-state index in [0.29, 0.717) is 6.04 Å². The lowest BCUT2D eigenvalue weighted by atomic mass is 9.99. The van der Waals surface area contributed by atoms with E-state index in [0.717, 1.165) is 35.5 Å². The molecule has 0 spiro atoms. The number of halogens is 1. The SMILES string of the molecule is Cc1c(Cl)ccc2c(CNC(C)C)c3c(nc12)CCC3. The molecule has 0 atom stereocenters. The molecule has 0 bridgehead atoms. The van der Waals surface area contributed by atoms with Crippen molar-refractivity contribution >= 4 is 22.5 Å². The molecular formula is C17H21ClN2. The molecule has 0 amide bonds. The average molecular weight is 289 g/mol. The Morgan fingerprint density at radius 3 is 2.85 bits per heavy atom. The van der Waals surface area contributed by atoms with Crippen molar-refractivity contribution in [1.82, 2.24) is 10.3 Å². The summed E-state index contributed by atoms with van der Waals surface area (Å²) in [6.45, 7) is 7.36. The van der Waals surface area contributed by atoms with Crippen molar-refractivity contribution < 1.29 is 0 Å². The molecule has 0 aliphatic heterocycles. The lowest BCUT2D eigenvalue weighted by Gasteiger charge is -2.16. The molecule has 0 unspecified atom stereocenters. The van der Waals surface area contributed by atoms with Gasteiger partial charge >= 0.3 is 0 Å². The van der Waals surface area contributed by atoms with E-state index in [1.807, 2.05) is 6.07 Å². The first-order valence-corrected chi connectivity index (χ1v) is 7.78. The number of rotatable bonds is 3. The van der Waals surface area contributed by atoms with Crippen molar-refractivity contribution in [2.45, 2.75) is 52.6 Å². The molecule has 3 heteroatoms. The van der Waals surface area contributed by atoms with E-state index >= 15 is 0 Å². The number of nitrogens with zero attached hydrogens (tertiary/aromatic N) is 1. The third-order valence-corrected chi connectivity index (χ3v) is 4.59. The maximum atomic E-state index is 6.26. The van der Waals surface area contributed by atoms with Crippen molar-refractivity contribution in [3.63, 3.8) is 0 Å². The Hall–Kier alpha value is -1.12. The molecule has 20 heavy (non-hydrogen) atoms. The van der Waals surface area contributed by atoms with Gasteiger partial charge in [0.2, 0.25) is 0 Å². The van der Waals surface area contributed by atoms with Crippen LogP contribution in [-0.4, -0.2) is 11.0 Å². The zero-order chi connectivity index (χ0) is 14.3. The molecule has 3 rings (SSSR count). The predicted octanol–water partition coefficient (Wildman–Crippen LogP) is 4.18. The number of nitrogens with one attached hydrogen (secondary N) is 1. The summed E-state index contributed by atoms with van der Waals surface area (Å²) in [7, 11) is 0. The minimum atomic E-state index is 0.490. The minimum absolute atomic E-state index is 0.490. The van der Waals surface area contributed by atoms with Crippen LogP contribution in [0.4, 0.5) is 0 Å². The molecule has 2 aromatic rings. The van der Waals surface area contributed by atoms with Crippen molar-refractivity contribution in [2.75, 3.05) is 0 Å². The van der Waals surface area contributed by atoms with Gasteiger partial charge in [-0.15, -0.1) is 0 Å². The van der Waals surface area contributed by atoms with Gasteiger partial charge in [0.15, 0.2) is 0 Å². The van der Waals surface area contributed by atoms with Crippen LogP contribution in [0, 0.1) is 6.92 Å². The number of aromatic nitrogens is 1. The Labute approximate surface area is 125 Å². The fourth-order valence-corrected chi connectivity index (χ4v) is 3.20. The lowest BCUT2D eigenvalue weighted by molar-refractivity contribution is 0.588. The van der Waals surface area contributed by atoms with Gasteiger partial charge in [0.1, 0.15) is 0 Å². The second kappa shape index (κ2) is 5.34. The Kier molecular flexibility index (Phi) is 3.70. The average Bonchev–Trinajstić information content (AvgIpc) is 2.87. The quantitative estimate of drug-likeness (QED) is 0.916. The first-order chi connectivity index (χ1) is 9.58. The van der Waals surface area contributed by atoms with Crippen molar-refractivity contribution in [3.8, 4) is 0 Å². The fourth-order valence-electron chi connectivity index (χ4n) is 3.04. The van der Waals surface area contributed by atoms with Gasteiger partial charge in [0.05, 0.1) is 5.52 Å². The highest BCUT2D eigenvalue weighted by Crippen LogP contribution is 2.33. The van der Waals surface area contributed by atoms with Crippen molar-refractivity contribution in [1.29, 1.82) is 0 Å². The highest BCUT2D eigenvalue weighted by atomic mass is 35.5. The third kappa shape index (κ3) is 2.32. The van der Waals surface area contributed by atoms with Gasteiger partial charge in [-0.25, -0.2) is 0 Å². The van der Waals surface area contributed by atoms with E-state index in [2.05, 4.69) is 32.2 Å². The van der Waals surface area contributed by atoms with Gasteiger partial charge in [-0.3, -0.25) is 4.98 Å². The van der Waals surface area contributed by atoms with E-state index in [1.54, 1.807) is 0 Å². The standard InChI is InChI=1S/C17H21ClN2/c1-10(2)19-9-14-12-5-4-6-16(12)20-17-11(3)15(18)8-7-13(14)17/h7-8,10,19H,4-6,9H2,1-3H3. The van der Waals surface area contributed by atoms with Gasteiger partial charge < -0.3 is 5.32 Å². The number of hydrogen-bond donors (Lipinski definition) is 1. The van der Waals surface area contributed by atoms with Gasteiger partial charge in [-0.2, -0.15) is 0 Å².